The number of rotatable bonds is 4. The second-order valence-electron chi connectivity index (χ2n) is 4.44. The molecule has 0 aromatic heterocycles. The third-order valence-corrected chi connectivity index (χ3v) is 3.08. The molecule has 0 heterocycles. The van der Waals surface area contributed by atoms with Crippen molar-refractivity contribution in [3.63, 3.8) is 0 Å². The first kappa shape index (κ1) is 10.1. The van der Waals surface area contributed by atoms with Crippen LogP contribution in [-0.4, -0.2) is 0 Å². The second-order valence-corrected chi connectivity index (χ2v) is 4.44. The first-order chi connectivity index (χ1) is 5.83. The van der Waals surface area contributed by atoms with E-state index in [1.165, 1.54) is 44.9 Å². The summed E-state index contributed by atoms with van der Waals surface area (Å²) in [5, 5.41) is 0. The van der Waals surface area contributed by atoms with Gasteiger partial charge in [0.15, 0.2) is 0 Å². The molecule has 1 aliphatic rings. The molecular formula is C12H23. The molecule has 1 fully saturated rings. The van der Waals surface area contributed by atoms with Gasteiger partial charge in [0.2, 0.25) is 0 Å². The van der Waals surface area contributed by atoms with E-state index in [9.17, 15) is 0 Å². The molecule has 1 aliphatic carbocycles. The van der Waals surface area contributed by atoms with Crippen molar-refractivity contribution in [2.75, 3.05) is 0 Å². The quantitative estimate of drug-likeness (QED) is 0.588. The van der Waals surface area contributed by atoms with Gasteiger partial charge in [-0.25, -0.2) is 0 Å². The highest BCUT2D eigenvalue weighted by Gasteiger charge is 2.15. The van der Waals surface area contributed by atoms with E-state index in [1.54, 1.807) is 0 Å². The van der Waals surface area contributed by atoms with Gasteiger partial charge in [-0.2, -0.15) is 0 Å². The van der Waals surface area contributed by atoms with Gasteiger partial charge in [-0.05, 0) is 37.5 Å². The molecule has 12 heavy (non-hydrogen) atoms. The van der Waals surface area contributed by atoms with Gasteiger partial charge >= 0.3 is 0 Å². The van der Waals surface area contributed by atoms with E-state index in [0.29, 0.717) is 0 Å². The first-order valence-corrected chi connectivity index (χ1v) is 5.64. The smallest absolute Gasteiger partial charge is 0.0386 e. The minimum absolute atomic E-state index is 0.970. The average Bonchev–Trinajstić information content (AvgIpc) is 2.06. The standard InChI is InChI=1S/C12H23/c1-3-7-11(2)10-12-8-5-4-6-9-12/h4,11-12H,3,5-10H2,1-2H3. The monoisotopic (exact) mass is 167 g/mol. The van der Waals surface area contributed by atoms with Gasteiger partial charge < -0.3 is 0 Å². The molecule has 1 unspecified atom stereocenters. The lowest BCUT2D eigenvalue weighted by molar-refractivity contribution is 0.314. The summed E-state index contributed by atoms with van der Waals surface area (Å²) in [5.41, 5.74) is 0. The summed E-state index contributed by atoms with van der Waals surface area (Å²) >= 11 is 0. The Morgan fingerprint density at radius 2 is 2.00 bits per heavy atom. The van der Waals surface area contributed by atoms with Gasteiger partial charge in [0.25, 0.3) is 0 Å². The Labute approximate surface area is 77.7 Å². The van der Waals surface area contributed by atoms with Gasteiger partial charge in [-0.15, -0.1) is 0 Å². The highest BCUT2D eigenvalue weighted by atomic mass is 14.2. The molecule has 0 bridgehead atoms. The number of hydrogen-bond donors (Lipinski definition) is 0. The van der Waals surface area contributed by atoms with Crippen molar-refractivity contribution in [1.29, 1.82) is 0 Å². The fourth-order valence-electron chi connectivity index (χ4n) is 2.41. The van der Waals surface area contributed by atoms with Gasteiger partial charge in [0, 0.05) is 0 Å². The average molecular weight is 167 g/mol. The molecule has 0 spiro atoms. The van der Waals surface area contributed by atoms with Crippen molar-refractivity contribution in [3.8, 4) is 0 Å². The molecule has 0 nitrogen and oxygen atoms in total. The van der Waals surface area contributed by atoms with Crippen molar-refractivity contribution in [3.05, 3.63) is 6.42 Å². The lowest BCUT2D eigenvalue weighted by atomic mass is 9.82. The van der Waals surface area contributed by atoms with Crippen LogP contribution in [0.3, 0.4) is 0 Å². The summed E-state index contributed by atoms with van der Waals surface area (Å²) in [5.74, 6) is 2.02. The Kier molecular flexibility index (Phi) is 4.72. The van der Waals surface area contributed by atoms with Gasteiger partial charge in [0.1, 0.15) is 0 Å². The van der Waals surface area contributed by atoms with Crippen LogP contribution in [0.25, 0.3) is 0 Å². The fraction of sp³-hybridized carbons (Fsp3) is 0.917. The van der Waals surface area contributed by atoms with E-state index in [-0.39, 0.29) is 0 Å². The van der Waals surface area contributed by atoms with Crippen molar-refractivity contribution < 1.29 is 0 Å². The molecular weight excluding hydrogens is 144 g/mol. The largest absolute Gasteiger partial charge is 0.0654 e. The van der Waals surface area contributed by atoms with Crippen molar-refractivity contribution >= 4 is 0 Å². The topological polar surface area (TPSA) is 0 Å². The summed E-state index contributed by atoms with van der Waals surface area (Å²) in [6.07, 6.45) is 12.4. The van der Waals surface area contributed by atoms with Crippen molar-refractivity contribution in [1.82, 2.24) is 0 Å². The molecule has 1 rings (SSSR count). The van der Waals surface area contributed by atoms with E-state index in [1.807, 2.05) is 0 Å². The molecule has 1 radical (unpaired) electrons. The van der Waals surface area contributed by atoms with E-state index in [0.717, 1.165) is 11.8 Å². The fourth-order valence-corrected chi connectivity index (χ4v) is 2.41. The third kappa shape index (κ3) is 3.60. The lowest BCUT2D eigenvalue weighted by Crippen LogP contribution is -2.10. The molecule has 0 N–H and O–H groups in total. The molecule has 0 aromatic carbocycles. The Morgan fingerprint density at radius 1 is 1.33 bits per heavy atom. The molecule has 0 amide bonds. The number of hydrogen-bond acceptors (Lipinski definition) is 0. The first-order valence-electron chi connectivity index (χ1n) is 5.64. The maximum Gasteiger partial charge on any atom is -0.0386 e. The zero-order chi connectivity index (χ0) is 8.81. The van der Waals surface area contributed by atoms with Crippen LogP contribution < -0.4 is 0 Å². The summed E-state index contributed by atoms with van der Waals surface area (Å²) in [7, 11) is 0. The molecule has 1 saturated carbocycles. The molecule has 0 heteroatoms. The molecule has 0 aromatic rings. The Morgan fingerprint density at radius 3 is 2.58 bits per heavy atom. The second kappa shape index (κ2) is 5.61. The third-order valence-electron chi connectivity index (χ3n) is 3.08. The molecule has 1 atom stereocenters. The van der Waals surface area contributed by atoms with Crippen LogP contribution in [0.1, 0.15) is 58.8 Å². The summed E-state index contributed by atoms with van der Waals surface area (Å²) in [6.45, 7) is 4.72. The van der Waals surface area contributed by atoms with Crippen LogP contribution >= 0.6 is 0 Å². The maximum atomic E-state index is 2.46. The Bertz CT molecular complexity index is 101. The van der Waals surface area contributed by atoms with E-state index in [4.69, 9.17) is 0 Å². The summed E-state index contributed by atoms with van der Waals surface area (Å²) in [6, 6.07) is 0. The van der Waals surface area contributed by atoms with Crippen molar-refractivity contribution in [2.45, 2.75) is 58.8 Å². The molecule has 71 valence electrons. The minimum atomic E-state index is 0.970. The van der Waals surface area contributed by atoms with Crippen molar-refractivity contribution in [2.24, 2.45) is 11.8 Å². The molecule has 0 saturated heterocycles. The van der Waals surface area contributed by atoms with Crippen LogP contribution in [0.2, 0.25) is 0 Å². The summed E-state index contributed by atoms with van der Waals surface area (Å²) < 4.78 is 0. The SMILES string of the molecule is CCCC(C)CC1CC[CH]CC1. The highest BCUT2D eigenvalue weighted by molar-refractivity contribution is 4.77. The predicted molar refractivity (Wildman–Crippen MR) is 54.9 cm³/mol. The zero-order valence-corrected chi connectivity index (χ0v) is 8.68. The summed E-state index contributed by atoms with van der Waals surface area (Å²) in [4.78, 5) is 0. The maximum absolute atomic E-state index is 2.46. The van der Waals surface area contributed by atoms with E-state index >= 15 is 0 Å². The molecule has 0 aliphatic heterocycles. The Hall–Kier alpha value is 0. The van der Waals surface area contributed by atoms with Crippen LogP contribution in [0, 0.1) is 18.3 Å². The minimum Gasteiger partial charge on any atom is -0.0654 e. The predicted octanol–water partition coefficient (Wildman–Crippen LogP) is 4.21. The van der Waals surface area contributed by atoms with Crippen LogP contribution in [0.15, 0.2) is 0 Å². The highest BCUT2D eigenvalue weighted by Crippen LogP contribution is 2.29. The van der Waals surface area contributed by atoms with Gasteiger partial charge in [0.05, 0.1) is 0 Å². The zero-order valence-electron chi connectivity index (χ0n) is 8.68. The van der Waals surface area contributed by atoms with Gasteiger partial charge in [-0.3, -0.25) is 0 Å². The van der Waals surface area contributed by atoms with Crippen LogP contribution in [0.5, 0.6) is 0 Å². The normalized spacial score (nSPS) is 22.5. The van der Waals surface area contributed by atoms with E-state index in [2.05, 4.69) is 20.3 Å². The lowest BCUT2D eigenvalue weighted by Gasteiger charge is -2.24. The van der Waals surface area contributed by atoms with Crippen LogP contribution in [-0.2, 0) is 0 Å². The van der Waals surface area contributed by atoms with E-state index < -0.39 is 0 Å². The van der Waals surface area contributed by atoms with Gasteiger partial charge in [-0.1, -0.05) is 39.5 Å². The van der Waals surface area contributed by atoms with Crippen LogP contribution in [0.4, 0.5) is 0 Å². The Balaban J connectivity index is 2.11.